The fourth-order valence-corrected chi connectivity index (χ4v) is 2.01. The van der Waals surface area contributed by atoms with Crippen molar-refractivity contribution in [2.24, 2.45) is 0 Å². The summed E-state index contributed by atoms with van der Waals surface area (Å²) >= 11 is 5.76. The summed E-state index contributed by atoms with van der Waals surface area (Å²) in [6.07, 6.45) is 1.81. The van der Waals surface area contributed by atoms with Gasteiger partial charge < -0.3 is 0 Å². The van der Waals surface area contributed by atoms with Gasteiger partial charge in [0.15, 0.2) is 0 Å². The normalized spacial score (nSPS) is 10.5. The van der Waals surface area contributed by atoms with E-state index in [2.05, 4.69) is 61.7 Å². The molecule has 0 aliphatic heterocycles. The molecule has 3 heteroatoms. The molecule has 0 aliphatic carbocycles. The van der Waals surface area contributed by atoms with E-state index in [0.29, 0.717) is 0 Å². The second kappa shape index (κ2) is 3.30. The Balaban J connectivity index is 2.86. The van der Waals surface area contributed by atoms with Crippen molar-refractivity contribution in [1.29, 1.82) is 0 Å². The number of fused-ring (bicyclic) bond motifs is 1. The highest BCUT2D eigenvalue weighted by molar-refractivity contribution is 14.1. The zero-order chi connectivity index (χ0) is 8.55. The molecule has 1 aromatic carbocycles. The number of pyridine rings is 1. The lowest BCUT2D eigenvalue weighted by molar-refractivity contribution is 1.40. The zero-order valence-corrected chi connectivity index (χ0v) is 9.83. The van der Waals surface area contributed by atoms with E-state index in [9.17, 15) is 0 Å². The quantitative estimate of drug-likeness (QED) is 0.671. The molecule has 1 nitrogen and oxygen atoms in total. The number of benzene rings is 1. The minimum atomic E-state index is 1.04. The van der Waals surface area contributed by atoms with Gasteiger partial charge in [0.05, 0.1) is 5.52 Å². The topological polar surface area (TPSA) is 12.9 Å². The third-order valence-electron chi connectivity index (χ3n) is 1.65. The predicted octanol–water partition coefficient (Wildman–Crippen LogP) is 3.60. The maximum absolute atomic E-state index is 4.27. The number of halogens is 2. The van der Waals surface area contributed by atoms with Gasteiger partial charge in [0.2, 0.25) is 0 Å². The molecule has 0 fully saturated rings. The van der Waals surface area contributed by atoms with E-state index in [1.54, 1.807) is 0 Å². The SMILES string of the molecule is Brc1ccnc2cc(I)ccc12. The van der Waals surface area contributed by atoms with Crippen molar-refractivity contribution in [1.82, 2.24) is 4.98 Å². The molecule has 12 heavy (non-hydrogen) atoms. The minimum Gasteiger partial charge on any atom is -0.256 e. The molecule has 0 unspecified atom stereocenters. The van der Waals surface area contributed by atoms with Gasteiger partial charge in [0, 0.05) is 19.6 Å². The van der Waals surface area contributed by atoms with Gasteiger partial charge >= 0.3 is 0 Å². The van der Waals surface area contributed by atoms with Crippen LogP contribution in [0.3, 0.4) is 0 Å². The van der Waals surface area contributed by atoms with Crippen LogP contribution in [0.1, 0.15) is 0 Å². The first-order chi connectivity index (χ1) is 5.77. The molecule has 0 saturated carbocycles. The van der Waals surface area contributed by atoms with Crippen molar-refractivity contribution in [3.63, 3.8) is 0 Å². The van der Waals surface area contributed by atoms with Crippen LogP contribution < -0.4 is 0 Å². The summed E-state index contributed by atoms with van der Waals surface area (Å²) in [5.74, 6) is 0. The molecule has 0 aliphatic rings. The summed E-state index contributed by atoms with van der Waals surface area (Å²) in [7, 11) is 0. The van der Waals surface area contributed by atoms with Crippen molar-refractivity contribution in [3.05, 3.63) is 38.5 Å². The van der Waals surface area contributed by atoms with Gasteiger partial charge in [-0.2, -0.15) is 0 Å². The molecule has 2 rings (SSSR count). The molecule has 0 bridgehead atoms. The van der Waals surface area contributed by atoms with Crippen LogP contribution >= 0.6 is 38.5 Å². The Morgan fingerprint density at radius 2 is 2.08 bits per heavy atom. The Kier molecular flexibility index (Phi) is 2.32. The maximum Gasteiger partial charge on any atom is 0.0723 e. The second-order valence-electron chi connectivity index (χ2n) is 2.45. The van der Waals surface area contributed by atoms with Crippen LogP contribution in [0.5, 0.6) is 0 Å². The van der Waals surface area contributed by atoms with Gasteiger partial charge in [0.25, 0.3) is 0 Å². The highest BCUT2D eigenvalue weighted by Crippen LogP contribution is 2.22. The fourth-order valence-electron chi connectivity index (χ4n) is 1.09. The Morgan fingerprint density at radius 1 is 1.25 bits per heavy atom. The van der Waals surface area contributed by atoms with Crippen molar-refractivity contribution in [2.75, 3.05) is 0 Å². The third kappa shape index (κ3) is 1.47. The standard InChI is InChI=1S/C9H5BrIN/c10-8-3-4-12-9-5-6(11)1-2-7(8)9/h1-5H. The summed E-state index contributed by atoms with van der Waals surface area (Å²) in [4.78, 5) is 4.27. The molecular weight excluding hydrogens is 329 g/mol. The number of rotatable bonds is 0. The predicted molar refractivity (Wildman–Crippen MR) is 62.2 cm³/mol. The van der Waals surface area contributed by atoms with Crippen molar-refractivity contribution < 1.29 is 0 Å². The third-order valence-corrected chi connectivity index (χ3v) is 3.01. The Hall–Kier alpha value is -0.160. The lowest BCUT2D eigenvalue weighted by atomic mass is 10.2. The van der Waals surface area contributed by atoms with E-state index in [-0.39, 0.29) is 0 Å². The molecule has 1 aromatic heterocycles. The summed E-state index contributed by atoms with van der Waals surface area (Å²) in [5, 5.41) is 1.16. The van der Waals surface area contributed by atoms with E-state index in [1.165, 1.54) is 3.57 Å². The van der Waals surface area contributed by atoms with E-state index in [4.69, 9.17) is 0 Å². The van der Waals surface area contributed by atoms with Crippen LogP contribution in [0, 0.1) is 3.57 Å². The second-order valence-corrected chi connectivity index (χ2v) is 4.55. The lowest BCUT2D eigenvalue weighted by Crippen LogP contribution is -1.79. The largest absolute Gasteiger partial charge is 0.256 e. The van der Waals surface area contributed by atoms with Crippen molar-refractivity contribution in [2.45, 2.75) is 0 Å². The summed E-state index contributed by atoms with van der Waals surface area (Å²) in [6.45, 7) is 0. The smallest absolute Gasteiger partial charge is 0.0723 e. The fraction of sp³-hybridized carbons (Fsp3) is 0. The zero-order valence-electron chi connectivity index (χ0n) is 6.09. The van der Waals surface area contributed by atoms with E-state index < -0.39 is 0 Å². The molecule has 0 atom stereocenters. The maximum atomic E-state index is 4.27. The lowest BCUT2D eigenvalue weighted by Gasteiger charge is -1.98. The molecule has 0 amide bonds. The van der Waals surface area contributed by atoms with Gasteiger partial charge in [-0.15, -0.1) is 0 Å². The van der Waals surface area contributed by atoms with E-state index in [0.717, 1.165) is 15.4 Å². The van der Waals surface area contributed by atoms with E-state index >= 15 is 0 Å². The van der Waals surface area contributed by atoms with Crippen molar-refractivity contribution >= 4 is 49.4 Å². The van der Waals surface area contributed by atoms with Gasteiger partial charge in [-0.05, 0) is 40.8 Å². The number of nitrogens with zero attached hydrogens (tertiary/aromatic N) is 1. The average Bonchev–Trinajstić information content (AvgIpc) is 2.04. The molecular formula is C9H5BrIN. The molecule has 2 aromatic rings. The van der Waals surface area contributed by atoms with Gasteiger partial charge in [0.1, 0.15) is 0 Å². The first-order valence-corrected chi connectivity index (χ1v) is 5.34. The average molecular weight is 334 g/mol. The molecule has 0 saturated heterocycles. The number of hydrogen-bond acceptors (Lipinski definition) is 1. The summed E-state index contributed by atoms with van der Waals surface area (Å²) in [5.41, 5.74) is 1.04. The molecule has 0 spiro atoms. The number of hydrogen-bond donors (Lipinski definition) is 0. The van der Waals surface area contributed by atoms with Crippen LogP contribution in [0.4, 0.5) is 0 Å². The summed E-state index contributed by atoms with van der Waals surface area (Å²) in [6, 6.07) is 8.18. The van der Waals surface area contributed by atoms with E-state index in [1.807, 2.05) is 12.3 Å². The minimum absolute atomic E-state index is 1.04. The molecule has 0 radical (unpaired) electrons. The van der Waals surface area contributed by atoms with Gasteiger partial charge in [-0.1, -0.05) is 22.0 Å². The molecule has 0 N–H and O–H groups in total. The van der Waals surface area contributed by atoms with Crippen LogP contribution in [0.25, 0.3) is 10.9 Å². The summed E-state index contributed by atoms with van der Waals surface area (Å²) < 4.78 is 2.31. The monoisotopic (exact) mass is 333 g/mol. The Labute approximate surface area is 92.5 Å². The van der Waals surface area contributed by atoms with Crippen LogP contribution in [-0.4, -0.2) is 4.98 Å². The first-order valence-electron chi connectivity index (χ1n) is 3.47. The first kappa shape index (κ1) is 8.44. The molecule has 1 heterocycles. The highest BCUT2D eigenvalue weighted by atomic mass is 127. The van der Waals surface area contributed by atoms with Crippen molar-refractivity contribution in [3.8, 4) is 0 Å². The van der Waals surface area contributed by atoms with Crippen LogP contribution in [-0.2, 0) is 0 Å². The molecule has 60 valence electrons. The number of aromatic nitrogens is 1. The van der Waals surface area contributed by atoms with Gasteiger partial charge in [-0.25, -0.2) is 0 Å². The van der Waals surface area contributed by atoms with Crippen LogP contribution in [0.15, 0.2) is 34.9 Å². The Morgan fingerprint density at radius 3 is 2.92 bits per heavy atom. The highest BCUT2D eigenvalue weighted by Gasteiger charge is 1.98. The Bertz CT molecular complexity index is 428. The van der Waals surface area contributed by atoms with Gasteiger partial charge in [-0.3, -0.25) is 4.98 Å². The van der Waals surface area contributed by atoms with Crippen LogP contribution in [0.2, 0.25) is 0 Å².